The first-order valence-electron chi connectivity index (χ1n) is 3.98. The van der Waals surface area contributed by atoms with E-state index in [0.717, 1.165) is 0 Å². The van der Waals surface area contributed by atoms with Gasteiger partial charge in [-0.2, -0.15) is 0 Å². The Bertz CT molecular complexity index is 341. The van der Waals surface area contributed by atoms with Crippen molar-refractivity contribution in [1.29, 1.82) is 0 Å². The van der Waals surface area contributed by atoms with Gasteiger partial charge in [-0.05, 0) is 34.7 Å². The molecule has 0 aliphatic rings. The lowest BCUT2D eigenvalue weighted by Gasteiger charge is -2.08. The first-order chi connectivity index (χ1) is 6.66. The number of benzene rings is 1. The van der Waals surface area contributed by atoms with Crippen LogP contribution in [-0.4, -0.2) is 24.2 Å². The summed E-state index contributed by atoms with van der Waals surface area (Å²) in [4.78, 5) is 11.0. The lowest BCUT2D eigenvalue weighted by molar-refractivity contribution is 0.0999. The predicted molar refractivity (Wildman–Crippen MR) is 60.3 cm³/mol. The van der Waals surface area contributed by atoms with Crippen molar-refractivity contribution >= 4 is 28.5 Å². The average molecular weight is 307 g/mol. The number of aliphatic hydroxyl groups is 1. The molecule has 0 heterocycles. The minimum absolute atomic E-state index is 0.0587. The van der Waals surface area contributed by atoms with Crippen LogP contribution < -0.4 is 10.5 Å². The zero-order valence-electron chi connectivity index (χ0n) is 7.37. The largest absolute Gasteiger partial charge is 0.490 e. The summed E-state index contributed by atoms with van der Waals surface area (Å²) in [5.74, 6) is 0.0831. The van der Waals surface area contributed by atoms with Gasteiger partial charge in [-0.25, -0.2) is 0 Å². The van der Waals surface area contributed by atoms with Gasteiger partial charge in [0, 0.05) is 0 Å². The van der Waals surface area contributed by atoms with Crippen LogP contribution in [0.5, 0.6) is 5.75 Å². The van der Waals surface area contributed by atoms with Gasteiger partial charge in [0.1, 0.15) is 12.4 Å². The molecule has 0 fully saturated rings. The van der Waals surface area contributed by atoms with Crippen molar-refractivity contribution in [3.8, 4) is 5.75 Å². The highest BCUT2D eigenvalue weighted by atomic mass is 127. The monoisotopic (exact) mass is 307 g/mol. The van der Waals surface area contributed by atoms with Crippen LogP contribution in [0.15, 0.2) is 18.2 Å². The van der Waals surface area contributed by atoms with Crippen molar-refractivity contribution in [2.75, 3.05) is 13.2 Å². The summed E-state index contributed by atoms with van der Waals surface area (Å²) in [6.45, 7) is 0.148. The van der Waals surface area contributed by atoms with Crippen LogP contribution in [0.4, 0.5) is 0 Å². The van der Waals surface area contributed by atoms with E-state index in [0.29, 0.717) is 14.9 Å². The van der Waals surface area contributed by atoms with E-state index in [1.54, 1.807) is 18.2 Å². The summed E-state index contributed by atoms with van der Waals surface area (Å²) in [7, 11) is 0. The van der Waals surface area contributed by atoms with Gasteiger partial charge >= 0.3 is 0 Å². The molecular weight excluding hydrogens is 297 g/mol. The maximum Gasteiger partial charge on any atom is 0.249 e. The van der Waals surface area contributed by atoms with Gasteiger partial charge < -0.3 is 15.6 Å². The molecule has 1 aromatic rings. The van der Waals surface area contributed by atoms with Gasteiger partial charge in [0.25, 0.3) is 0 Å². The third kappa shape index (κ3) is 2.58. The fraction of sp³-hybridized carbons (Fsp3) is 0.222. The molecule has 1 aromatic carbocycles. The second-order valence-electron chi connectivity index (χ2n) is 2.55. The Morgan fingerprint density at radius 2 is 2.29 bits per heavy atom. The number of aliphatic hydroxyl groups excluding tert-OH is 1. The molecule has 0 unspecified atom stereocenters. The molecule has 0 spiro atoms. The minimum atomic E-state index is -0.483. The highest BCUT2D eigenvalue weighted by Gasteiger charge is 2.10. The van der Waals surface area contributed by atoms with Crippen LogP contribution >= 0.6 is 22.6 Å². The van der Waals surface area contributed by atoms with E-state index < -0.39 is 5.91 Å². The Morgan fingerprint density at radius 1 is 1.57 bits per heavy atom. The minimum Gasteiger partial charge on any atom is -0.490 e. The normalized spacial score (nSPS) is 9.86. The number of ether oxygens (including phenoxy) is 1. The highest BCUT2D eigenvalue weighted by molar-refractivity contribution is 14.1. The molecule has 1 amide bonds. The van der Waals surface area contributed by atoms with Crippen LogP contribution in [0.3, 0.4) is 0 Å². The second-order valence-corrected chi connectivity index (χ2v) is 3.63. The zero-order chi connectivity index (χ0) is 10.6. The molecule has 0 aromatic heterocycles. The number of nitrogens with two attached hydrogens (primary N) is 1. The lowest BCUT2D eigenvalue weighted by Crippen LogP contribution is -2.13. The van der Waals surface area contributed by atoms with E-state index in [4.69, 9.17) is 15.6 Å². The first kappa shape index (κ1) is 11.3. The van der Waals surface area contributed by atoms with E-state index in [2.05, 4.69) is 0 Å². The highest BCUT2D eigenvalue weighted by Crippen LogP contribution is 2.23. The molecule has 3 N–H and O–H groups in total. The number of hydrogen-bond acceptors (Lipinski definition) is 3. The summed E-state index contributed by atoms with van der Waals surface area (Å²) in [6.07, 6.45) is 0. The number of primary amides is 1. The molecule has 1 rings (SSSR count). The van der Waals surface area contributed by atoms with Gasteiger partial charge in [-0.1, -0.05) is 6.07 Å². The van der Waals surface area contributed by atoms with Crippen molar-refractivity contribution in [2.45, 2.75) is 0 Å². The van der Waals surface area contributed by atoms with Gasteiger partial charge in [0.05, 0.1) is 15.7 Å². The van der Waals surface area contributed by atoms with Crippen LogP contribution in [0.1, 0.15) is 10.4 Å². The predicted octanol–water partition coefficient (Wildman–Crippen LogP) is 0.761. The van der Waals surface area contributed by atoms with E-state index in [1.807, 2.05) is 22.6 Å². The Hall–Kier alpha value is -0.820. The molecule has 0 atom stereocenters. The van der Waals surface area contributed by atoms with Gasteiger partial charge in [-0.3, -0.25) is 4.79 Å². The fourth-order valence-electron chi connectivity index (χ4n) is 0.968. The Morgan fingerprint density at radius 3 is 2.86 bits per heavy atom. The Labute approximate surface area is 95.2 Å². The zero-order valence-corrected chi connectivity index (χ0v) is 9.52. The number of amides is 1. The summed E-state index contributed by atoms with van der Waals surface area (Å²) in [5.41, 5.74) is 5.59. The number of hydrogen-bond donors (Lipinski definition) is 2. The first-order valence-corrected chi connectivity index (χ1v) is 5.06. The topological polar surface area (TPSA) is 72.6 Å². The molecule has 14 heavy (non-hydrogen) atoms. The summed E-state index contributed by atoms with van der Waals surface area (Å²) >= 11 is 1.99. The van der Waals surface area contributed by atoms with Crippen molar-refractivity contribution in [1.82, 2.24) is 0 Å². The molecule has 76 valence electrons. The standard InChI is InChI=1S/C9H10INO3/c10-8-6(9(11)13)2-1-3-7(8)14-5-4-12/h1-3,12H,4-5H2,(H2,11,13). The van der Waals surface area contributed by atoms with Crippen molar-refractivity contribution in [2.24, 2.45) is 5.73 Å². The smallest absolute Gasteiger partial charge is 0.249 e. The number of rotatable bonds is 4. The number of halogens is 1. The van der Waals surface area contributed by atoms with Gasteiger partial charge in [-0.15, -0.1) is 0 Å². The Balaban J connectivity index is 2.95. The number of carbonyl (C=O) groups excluding carboxylic acids is 1. The fourth-order valence-corrected chi connectivity index (χ4v) is 1.75. The van der Waals surface area contributed by atoms with Crippen LogP contribution in [0.2, 0.25) is 0 Å². The molecule has 5 heteroatoms. The van der Waals surface area contributed by atoms with Crippen LogP contribution in [-0.2, 0) is 0 Å². The van der Waals surface area contributed by atoms with Gasteiger partial charge in [0.15, 0.2) is 0 Å². The maximum absolute atomic E-state index is 11.0. The van der Waals surface area contributed by atoms with Crippen molar-refractivity contribution < 1.29 is 14.6 Å². The van der Waals surface area contributed by atoms with E-state index in [9.17, 15) is 4.79 Å². The summed E-state index contributed by atoms with van der Waals surface area (Å²) < 4.78 is 5.88. The summed E-state index contributed by atoms with van der Waals surface area (Å²) in [5, 5.41) is 8.58. The van der Waals surface area contributed by atoms with E-state index in [-0.39, 0.29) is 13.2 Å². The molecule has 0 bridgehead atoms. The SMILES string of the molecule is NC(=O)c1cccc(OCCO)c1I. The number of carbonyl (C=O) groups is 1. The molecule has 0 saturated carbocycles. The molecule has 4 nitrogen and oxygen atoms in total. The van der Waals surface area contributed by atoms with E-state index >= 15 is 0 Å². The Kier molecular flexibility index (Phi) is 4.15. The molecule has 0 saturated heterocycles. The van der Waals surface area contributed by atoms with Gasteiger partial charge in [0.2, 0.25) is 5.91 Å². The molecule has 0 aliphatic carbocycles. The average Bonchev–Trinajstić information content (AvgIpc) is 2.16. The molecule has 0 aliphatic heterocycles. The quantitative estimate of drug-likeness (QED) is 0.807. The molecule has 0 radical (unpaired) electrons. The summed E-state index contributed by atoms with van der Waals surface area (Å²) in [6, 6.07) is 5.05. The van der Waals surface area contributed by atoms with E-state index in [1.165, 1.54) is 0 Å². The lowest BCUT2D eigenvalue weighted by atomic mass is 10.2. The maximum atomic E-state index is 11.0. The third-order valence-corrected chi connectivity index (χ3v) is 2.69. The van der Waals surface area contributed by atoms with Crippen LogP contribution in [0, 0.1) is 3.57 Å². The third-order valence-electron chi connectivity index (χ3n) is 1.58. The van der Waals surface area contributed by atoms with Crippen LogP contribution in [0.25, 0.3) is 0 Å². The second kappa shape index (κ2) is 5.16. The van der Waals surface area contributed by atoms with Crippen molar-refractivity contribution in [3.05, 3.63) is 27.3 Å². The molecular formula is C9H10INO3. The van der Waals surface area contributed by atoms with Crippen molar-refractivity contribution in [3.63, 3.8) is 0 Å².